The summed E-state index contributed by atoms with van der Waals surface area (Å²) in [6.07, 6.45) is 7.34. The highest BCUT2D eigenvalue weighted by Gasteiger charge is 2.24. The van der Waals surface area contributed by atoms with Crippen LogP contribution in [0.25, 0.3) is 23.3 Å². The van der Waals surface area contributed by atoms with Gasteiger partial charge in [0.2, 0.25) is 0 Å². The van der Waals surface area contributed by atoms with E-state index in [0.29, 0.717) is 0 Å². The Morgan fingerprint density at radius 3 is 2.71 bits per heavy atom. The maximum absolute atomic E-state index is 13.3. The van der Waals surface area contributed by atoms with Gasteiger partial charge < -0.3 is 0 Å². The lowest BCUT2D eigenvalue weighted by Gasteiger charge is -2.22. The van der Waals surface area contributed by atoms with Crippen molar-refractivity contribution < 1.29 is 4.79 Å². The summed E-state index contributed by atoms with van der Waals surface area (Å²) < 4.78 is 0.887. The van der Waals surface area contributed by atoms with Crippen molar-refractivity contribution in [3.05, 3.63) is 91.8 Å². The van der Waals surface area contributed by atoms with Gasteiger partial charge in [-0.15, -0.1) is 0 Å². The second-order valence-corrected chi connectivity index (χ2v) is 8.68. The summed E-state index contributed by atoms with van der Waals surface area (Å²) in [7, 11) is 0. The van der Waals surface area contributed by atoms with E-state index in [1.54, 1.807) is 0 Å². The smallest absolute Gasteiger partial charge is 0.170 e. The van der Waals surface area contributed by atoms with Crippen LogP contribution < -0.4 is 10.4 Å². The zero-order valence-corrected chi connectivity index (χ0v) is 17.4. The van der Waals surface area contributed by atoms with Gasteiger partial charge >= 0.3 is 0 Å². The molecule has 0 aliphatic heterocycles. The third kappa shape index (κ3) is 2.87. The van der Waals surface area contributed by atoms with Crippen LogP contribution in [0.2, 0.25) is 0 Å². The maximum Gasteiger partial charge on any atom is 0.170 e. The highest BCUT2D eigenvalue weighted by atomic mass is 79.9. The standard InChI is InChI=1S/C26H21BrO/c1-16-6-13-25(27)24(14-16)26(28)19-8-7-18-10-11-21-20-5-3-2-4-17(20)9-12-22(21)23(18)15-19/h2-6,10-15,19H,7-9H2,1H3. The first-order chi connectivity index (χ1) is 13.6. The first kappa shape index (κ1) is 17.6. The quantitative estimate of drug-likeness (QED) is 0.525. The number of carbonyl (C=O) groups excluding carboxylic acids is 1. The highest BCUT2D eigenvalue weighted by Crippen LogP contribution is 2.28. The molecule has 0 heterocycles. The van der Waals surface area contributed by atoms with Crippen LogP contribution in [0, 0.1) is 12.8 Å². The third-order valence-corrected chi connectivity index (χ3v) is 6.72. The summed E-state index contributed by atoms with van der Waals surface area (Å²) in [5.74, 6) is 0.151. The van der Waals surface area contributed by atoms with Crippen LogP contribution >= 0.6 is 15.9 Å². The monoisotopic (exact) mass is 428 g/mol. The fraction of sp³-hybridized carbons (Fsp3) is 0.192. The minimum atomic E-state index is -0.0670. The van der Waals surface area contributed by atoms with Gasteiger partial charge in [0.25, 0.3) is 0 Å². The number of benzene rings is 3. The van der Waals surface area contributed by atoms with Crippen molar-refractivity contribution in [2.45, 2.75) is 26.2 Å². The molecule has 2 aliphatic rings. The molecule has 5 rings (SSSR count). The highest BCUT2D eigenvalue weighted by molar-refractivity contribution is 9.10. The first-order valence-electron chi connectivity index (χ1n) is 9.84. The zero-order chi connectivity index (χ0) is 19.3. The molecule has 2 heteroatoms. The number of hydrogen-bond donors (Lipinski definition) is 0. The predicted octanol–water partition coefficient (Wildman–Crippen LogP) is 4.99. The molecular formula is C26H21BrO. The van der Waals surface area contributed by atoms with Gasteiger partial charge in [0.05, 0.1) is 0 Å². The molecule has 0 saturated carbocycles. The van der Waals surface area contributed by atoms with Crippen LogP contribution in [-0.4, -0.2) is 5.78 Å². The molecule has 0 saturated heterocycles. The Hall–Kier alpha value is -2.45. The normalized spacial score (nSPS) is 16.9. The van der Waals surface area contributed by atoms with Gasteiger partial charge in [-0.3, -0.25) is 4.79 Å². The van der Waals surface area contributed by atoms with Gasteiger partial charge in [0.1, 0.15) is 0 Å². The Bertz CT molecular complexity index is 1240. The molecule has 0 N–H and O–H groups in total. The summed E-state index contributed by atoms with van der Waals surface area (Å²) in [5.41, 5.74) is 7.27. The summed E-state index contributed by atoms with van der Waals surface area (Å²) in [6.45, 7) is 2.03. The lowest BCUT2D eigenvalue weighted by Crippen LogP contribution is -2.37. The first-order valence-corrected chi connectivity index (χ1v) is 10.6. The molecule has 28 heavy (non-hydrogen) atoms. The predicted molar refractivity (Wildman–Crippen MR) is 119 cm³/mol. The van der Waals surface area contributed by atoms with Crippen molar-refractivity contribution in [2.24, 2.45) is 5.92 Å². The van der Waals surface area contributed by atoms with Crippen molar-refractivity contribution in [1.29, 1.82) is 0 Å². The number of Topliss-reactive ketones (excluding diaryl/α,β-unsaturated/α-hetero) is 1. The summed E-state index contributed by atoms with van der Waals surface area (Å²) in [6, 6.07) is 19.2. The molecule has 3 aromatic rings. The SMILES string of the molecule is Cc1ccc(Br)c(C(=O)C2C=c3c(ccc4c3=CCc3ccccc3-4)CC2)c1. The van der Waals surface area contributed by atoms with Crippen molar-refractivity contribution in [2.75, 3.05) is 0 Å². The van der Waals surface area contributed by atoms with E-state index < -0.39 is 0 Å². The third-order valence-electron chi connectivity index (χ3n) is 6.03. The zero-order valence-electron chi connectivity index (χ0n) is 15.8. The van der Waals surface area contributed by atoms with E-state index in [9.17, 15) is 4.79 Å². The van der Waals surface area contributed by atoms with Crippen LogP contribution in [0.15, 0.2) is 59.1 Å². The molecule has 1 atom stereocenters. The second kappa shape index (κ2) is 6.86. The van der Waals surface area contributed by atoms with E-state index >= 15 is 0 Å². The van der Waals surface area contributed by atoms with Crippen LogP contribution in [0.3, 0.4) is 0 Å². The van der Waals surface area contributed by atoms with Crippen molar-refractivity contribution >= 4 is 33.9 Å². The number of halogens is 1. The van der Waals surface area contributed by atoms with Crippen LogP contribution in [0.4, 0.5) is 0 Å². The Kier molecular flexibility index (Phi) is 4.32. The number of ketones is 1. The number of rotatable bonds is 2. The van der Waals surface area contributed by atoms with Gasteiger partial charge in [-0.2, -0.15) is 0 Å². The average Bonchev–Trinajstić information content (AvgIpc) is 2.74. The summed E-state index contributed by atoms with van der Waals surface area (Å²) >= 11 is 3.57. The number of carbonyl (C=O) groups is 1. The second-order valence-electron chi connectivity index (χ2n) is 7.82. The molecule has 0 radical (unpaired) electrons. The molecule has 0 fully saturated rings. The number of hydrogen-bond acceptors (Lipinski definition) is 1. The van der Waals surface area contributed by atoms with Crippen molar-refractivity contribution in [3.8, 4) is 11.1 Å². The molecule has 0 bridgehead atoms. The molecule has 138 valence electrons. The maximum atomic E-state index is 13.3. The van der Waals surface area contributed by atoms with Gasteiger partial charge in [0, 0.05) is 16.0 Å². The van der Waals surface area contributed by atoms with E-state index in [-0.39, 0.29) is 11.7 Å². The fourth-order valence-electron chi connectivity index (χ4n) is 4.55. The molecule has 0 amide bonds. The molecule has 3 aromatic carbocycles. The topological polar surface area (TPSA) is 17.1 Å². The van der Waals surface area contributed by atoms with E-state index in [2.05, 4.69) is 64.5 Å². The van der Waals surface area contributed by atoms with Gasteiger partial charge in [-0.25, -0.2) is 0 Å². The van der Waals surface area contributed by atoms with Gasteiger partial charge in [-0.1, -0.05) is 76.1 Å². The van der Waals surface area contributed by atoms with Crippen molar-refractivity contribution in [1.82, 2.24) is 0 Å². The van der Waals surface area contributed by atoms with Crippen LogP contribution in [-0.2, 0) is 12.8 Å². The summed E-state index contributed by atoms with van der Waals surface area (Å²) in [5, 5.41) is 2.57. The molecule has 1 nitrogen and oxygen atoms in total. The Morgan fingerprint density at radius 1 is 0.964 bits per heavy atom. The minimum absolute atomic E-state index is 0.0670. The average molecular weight is 429 g/mol. The Morgan fingerprint density at radius 2 is 1.82 bits per heavy atom. The minimum Gasteiger partial charge on any atom is -0.293 e. The van der Waals surface area contributed by atoms with E-state index in [4.69, 9.17) is 0 Å². The number of fused-ring (bicyclic) bond motifs is 5. The Labute approximate surface area is 173 Å². The molecule has 2 aliphatic carbocycles. The van der Waals surface area contributed by atoms with Gasteiger partial charge in [-0.05, 0) is 71.0 Å². The largest absolute Gasteiger partial charge is 0.293 e. The lowest BCUT2D eigenvalue weighted by molar-refractivity contribution is 0.0946. The van der Waals surface area contributed by atoms with E-state index in [1.165, 1.54) is 32.7 Å². The lowest BCUT2D eigenvalue weighted by atomic mass is 9.82. The van der Waals surface area contributed by atoms with E-state index in [1.807, 2.05) is 25.1 Å². The molecular weight excluding hydrogens is 408 g/mol. The number of aryl methyl sites for hydroxylation is 2. The molecule has 0 aromatic heterocycles. The fourth-order valence-corrected chi connectivity index (χ4v) is 5.00. The van der Waals surface area contributed by atoms with Crippen LogP contribution in [0.1, 0.15) is 33.5 Å². The molecule has 1 unspecified atom stereocenters. The summed E-state index contributed by atoms with van der Waals surface area (Å²) in [4.78, 5) is 13.3. The molecule has 0 spiro atoms. The van der Waals surface area contributed by atoms with E-state index in [0.717, 1.165) is 34.9 Å². The van der Waals surface area contributed by atoms with Gasteiger partial charge in [0.15, 0.2) is 5.78 Å². The Balaban J connectivity index is 1.64. The van der Waals surface area contributed by atoms with Crippen molar-refractivity contribution in [3.63, 3.8) is 0 Å². The van der Waals surface area contributed by atoms with Crippen LogP contribution in [0.5, 0.6) is 0 Å².